The number of methoxy groups -OCH3 is 1. The van der Waals surface area contributed by atoms with Gasteiger partial charge in [-0.3, -0.25) is 28.1 Å². The topological polar surface area (TPSA) is 141 Å². The minimum atomic E-state index is -4.43. The van der Waals surface area contributed by atoms with E-state index >= 15 is 0 Å². The van der Waals surface area contributed by atoms with Gasteiger partial charge in [-0.15, -0.1) is 0 Å². The fourth-order valence-electron chi connectivity index (χ4n) is 3.25. The quantitative estimate of drug-likeness (QED) is 0.378. The summed E-state index contributed by atoms with van der Waals surface area (Å²) in [4.78, 5) is 52.7. The van der Waals surface area contributed by atoms with E-state index in [1.54, 1.807) is 41.5 Å². The van der Waals surface area contributed by atoms with Crippen molar-refractivity contribution in [3.05, 3.63) is 26.4 Å². The highest BCUT2D eigenvalue weighted by molar-refractivity contribution is 7.55. The Bertz CT molecular complexity index is 1080. The van der Waals surface area contributed by atoms with Gasteiger partial charge in [0.05, 0.1) is 12.7 Å². The van der Waals surface area contributed by atoms with E-state index in [4.69, 9.17) is 23.3 Å². The Labute approximate surface area is 198 Å². The molecule has 2 atom stereocenters. The minimum absolute atomic E-state index is 0.323. The summed E-state index contributed by atoms with van der Waals surface area (Å²) in [6, 6.07) is 0. The monoisotopic (exact) mass is 506 g/mol. The van der Waals surface area contributed by atoms with Crippen LogP contribution in [0.2, 0.25) is 0 Å². The van der Waals surface area contributed by atoms with Crippen molar-refractivity contribution in [3.8, 4) is 5.88 Å². The predicted molar refractivity (Wildman–Crippen MR) is 123 cm³/mol. The van der Waals surface area contributed by atoms with E-state index in [1.165, 1.54) is 21.2 Å². The number of ether oxygens (including phenoxy) is 3. The van der Waals surface area contributed by atoms with Crippen molar-refractivity contribution in [1.29, 1.82) is 0 Å². The third-order valence-electron chi connectivity index (χ3n) is 4.62. The Hall–Kier alpha value is -2.43. The van der Waals surface area contributed by atoms with E-state index < -0.39 is 59.1 Å². The first-order valence-corrected chi connectivity index (χ1v) is 12.0. The van der Waals surface area contributed by atoms with Crippen LogP contribution >= 0.6 is 7.60 Å². The van der Waals surface area contributed by atoms with Gasteiger partial charge in [0.15, 0.2) is 5.66 Å². The minimum Gasteiger partial charge on any atom is -0.482 e. The lowest BCUT2D eigenvalue weighted by Gasteiger charge is -2.33. The van der Waals surface area contributed by atoms with E-state index in [-0.39, 0.29) is 5.88 Å². The molecule has 0 N–H and O–H groups in total. The molecule has 1 aromatic rings. The summed E-state index contributed by atoms with van der Waals surface area (Å²) in [5.41, 5.74) is -6.22. The zero-order chi connectivity index (χ0) is 26.8. The van der Waals surface area contributed by atoms with Gasteiger partial charge in [-0.1, -0.05) is 0 Å². The number of esters is 2. The molecular weight excluding hydrogens is 471 g/mol. The van der Waals surface area contributed by atoms with Gasteiger partial charge in [-0.25, -0.2) is 4.79 Å². The lowest BCUT2D eigenvalue weighted by Crippen LogP contribution is -2.47. The number of rotatable bonds is 8. The molecule has 12 nitrogen and oxygen atoms in total. The molecule has 1 aromatic heterocycles. The maximum absolute atomic E-state index is 13.6. The van der Waals surface area contributed by atoms with Crippen molar-refractivity contribution in [2.75, 3.05) is 21.3 Å². The predicted octanol–water partition coefficient (Wildman–Crippen LogP) is 1.71. The van der Waals surface area contributed by atoms with Crippen LogP contribution in [0.3, 0.4) is 0 Å². The number of hydrogen-bond donors (Lipinski definition) is 0. The van der Waals surface area contributed by atoms with Crippen molar-refractivity contribution in [3.63, 3.8) is 0 Å². The second kappa shape index (κ2) is 10.5. The summed E-state index contributed by atoms with van der Waals surface area (Å²) >= 11 is 0. The molecule has 0 aromatic carbocycles. The van der Waals surface area contributed by atoms with Gasteiger partial charge in [-0.05, 0) is 41.5 Å². The van der Waals surface area contributed by atoms with Crippen LogP contribution in [0.15, 0.2) is 9.59 Å². The Balaban J connectivity index is 4.19. The molecule has 0 aliphatic carbocycles. The van der Waals surface area contributed by atoms with Crippen LogP contribution in [0, 0.1) is 0 Å². The van der Waals surface area contributed by atoms with Crippen LogP contribution in [0.1, 0.15) is 53.0 Å². The Morgan fingerprint density at radius 3 is 1.65 bits per heavy atom. The lowest BCUT2D eigenvalue weighted by atomic mass is 9.96. The summed E-state index contributed by atoms with van der Waals surface area (Å²) in [5, 5.41) is 0. The molecule has 1 rings (SSSR count). The van der Waals surface area contributed by atoms with Crippen LogP contribution in [-0.4, -0.2) is 59.3 Å². The normalized spacial score (nSPS) is 14.3. The fourth-order valence-corrected chi connectivity index (χ4v) is 4.80. The first kappa shape index (κ1) is 29.6. The molecule has 0 aliphatic heterocycles. The highest BCUT2D eigenvalue weighted by atomic mass is 31.2. The fraction of sp³-hybridized carbons (Fsp3) is 0.714. The van der Waals surface area contributed by atoms with Gasteiger partial charge in [0.1, 0.15) is 17.1 Å². The van der Waals surface area contributed by atoms with Gasteiger partial charge in [0, 0.05) is 28.3 Å². The molecule has 0 aliphatic rings. The average molecular weight is 506 g/mol. The number of nitrogens with zero attached hydrogens (tertiary/aromatic N) is 2. The molecule has 0 bridgehead atoms. The third-order valence-corrected chi connectivity index (χ3v) is 6.83. The van der Waals surface area contributed by atoms with E-state index in [2.05, 4.69) is 0 Å². The molecule has 34 heavy (non-hydrogen) atoms. The lowest BCUT2D eigenvalue weighted by molar-refractivity contribution is -0.164. The molecule has 0 saturated heterocycles. The van der Waals surface area contributed by atoms with Gasteiger partial charge in [-0.2, -0.15) is 0 Å². The van der Waals surface area contributed by atoms with Crippen molar-refractivity contribution in [1.82, 2.24) is 9.13 Å². The number of carbonyl (C=O) groups excluding carboxylic acids is 2. The number of aromatic nitrogens is 2. The Morgan fingerprint density at radius 1 is 0.824 bits per heavy atom. The standard InChI is InChI=1S/C21H35N2O10P/c1-20(2,3)32-17(25)12(13-15(24)22(7)19(27)23(8)16(13)29-9)14(34(28,30-10)31-11)18(26)33-21(4,5)6/h12,14H,1-11H3. The van der Waals surface area contributed by atoms with Crippen LogP contribution in [0.25, 0.3) is 0 Å². The highest BCUT2D eigenvalue weighted by Crippen LogP contribution is 2.57. The van der Waals surface area contributed by atoms with Gasteiger partial charge in [0.25, 0.3) is 5.56 Å². The first-order valence-electron chi connectivity index (χ1n) is 10.4. The smallest absolute Gasteiger partial charge is 0.345 e. The zero-order valence-corrected chi connectivity index (χ0v) is 22.5. The summed E-state index contributed by atoms with van der Waals surface area (Å²) in [6.07, 6.45) is 0. The van der Waals surface area contributed by atoms with Crippen LogP contribution < -0.4 is 16.0 Å². The molecule has 0 amide bonds. The van der Waals surface area contributed by atoms with Crippen LogP contribution in [0.5, 0.6) is 5.88 Å². The highest BCUT2D eigenvalue weighted by Gasteiger charge is 2.54. The summed E-state index contributed by atoms with van der Waals surface area (Å²) in [7, 11) is 1.31. The van der Waals surface area contributed by atoms with E-state index in [0.29, 0.717) is 0 Å². The molecule has 0 fully saturated rings. The number of hydrogen-bond acceptors (Lipinski definition) is 10. The van der Waals surface area contributed by atoms with Gasteiger partial charge < -0.3 is 23.3 Å². The SMILES string of the molecule is COc1c(C(C(=O)OC(C)(C)C)C(C(=O)OC(C)(C)C)P(=O)(OC)OC)c(=O)n(C)c(=O)n1C. The van der Waals surface area contributed by atoms with Gasteiger partial charge >= 0.3 is 25.2 Å². The van der Waals surface area contributed by atoms with Gasteiger partial charge in [0.2, 0.25) is 5.88 Å². The first-order chi connectivity index (χ1) is 15.3. The molecular formula is C21H35N2O10P. The van der Waals surface area contributed by atoms with E-state index in [1.807, 2.05) is 0 Å². The largest absolute Gasteiger partial charge is 0.482 e. The summed E-state index contributed by atoms with van der Waals surface area (Å²) < 4.78 is 41.7. The molecule has 0 saturated carbocycles. The molecule has 0 spiro atoms. The van der Waals surface area contributed by atoms with Crippen LogP contribution in [0.4, 0.5) is 0 Å². The summed E-state index contributed by atoms with van der Waals surface area (Å²) in [5.74, 6) is -4.42. The maximum atomic E-state index is 13.6. The van der Waals surface area contributed by atoms with Crippen molar-refractivity contribution in [2.45, 2.75) is 64.3 Å². The molecule has 194 valence electrons. The van der Waals surface area contributed by atoms with E-state index in [9.17, 15) is 23.7 Å². The maximum Gasteiger partial charge on any atom is 0.345 e. The number of carbonyl (C=O) groups is 2. The molecule has 0 radical (unpaired) electrons. The third kappa shape index (κ3) is 6.37. The second-order valence-corrected chi connectivity index (χ2v) is 11.9. The molecule has 2 unspecified atom stereocenters. The Kier molecular flexibility index (Phi) is 9.10. The average Bonchev–Trinajstić information content (AvgIpc) is 2.70. The summed E-state index contributed by atoms with van der Waals surface area (Å²) in [6.45, 7) is 9.44. The Morgan fingerprint density at radius 2 is 1.26 bits per heavy atom. The van der Waals surface area contributed by atoms with Crippen LogP contribution in [-0.2, 0) is 46.8 Å². The van der Waals surface area contributed by atoms with Crippen molar-refractivity contribution < 1.29 is 37.4 Å². The van der Waals surface area contributed by atoms with Crippen molar-refractivity contribution >= 4 is 19.5 Å². The van der Waals surface area contributed by atoms with Crippen molar-refractivity contribution in [2.24, 2.45) is 14.1 Å². The zero-order valence-electron chi connectivity index (χ0n) is 21.6. The molecule has 1 heterocycles. The van der Waals surface area contributed by atoms with E-state index in [0.717, 1.165) is 23.4 Å². The second-order valence-electron chi connectivity index (χ2n) is 9.52. The molecule has 13 heteroatoms.